The van der Waals surface area contributed by atoms with Gasteiger partial charge in [0.15, 0.2) is 0 Å². The summed E-state index contributed by atoms with van der Waals surface area (Å²) in [6.45, 7) is 9.72. The zero-order valence-corrected chi connectivity index (χ0v) is 13.7. The SMILES string of the molecule is CCOC(=O)Cn1cc(B2OC(C)(C)C(C)(C)O2)ccc1=O. The monoisotopic (exact) mass is 307 g/mol. The fraction of sp³-hybridized carbons (Fsp3) is 0.600. The third-order valence-electron chi connectivity index (χ3n) is 4.14. The lowest BCUT2D eigenvalue weighted by Gasteiger charge is -2.32. The van der Waals surface area contributed by atoms with E-state index >= 15 is 0 Å². The zero-order chi connectivity index (χ0) is 16.5. The van der Waals surface area contributed by atoms with Crippen LogP contribution in [0.25, 0.3) is 0 Å². The van der Waals surface area contributed by atoms with E-state index in [1.807, 2.05) is 27.7 Å². The lowest BCUT2D eigenvalue weighted by atomic mass is 9.80. The molecule has 0 spiro atoms. The summed E-state index contributed by atoms with van der Waals surface area (Å²) in [5, 5.41) is 0. The molecule has 0 unspecified atom stereocenters. The van der Waals surface area contributed by atoms with Crippen LogP contribution in [0.3, 0.4) is 0 Å². The van der Waals surface area contributed by atoms with E-state index in [2.05, 4.69) is 0 Å². The molecule has 1 saturated heterocycles. The van der Waals surface area contributed by atoms with Gasteiger partial charge in [-0.05, 0) is 40.1 Å². The van der Waals surface area contributed by atoms with Crippen molar-refractivity contribution in [3.8, 4) is 0 Å². The minimum absolute atomic E-state index is 0.125. The van der Waals surface area contributed by atoms with Gasteiger partial charge in [-0.3, -0.25) is 9.59 Å². The Morgan fingerprint density at radius 3 is 2.36 bits per heavy atom. The summed E-state index contributed by atoms with van der Waals surface area (Å²) in [7, 11) is -0.570. The molecule has 1 aliphatic heterocycles. The summed E-state index contributed by atoms with van der Waals surface area (Å²) in [5.74, 6) is -0.448. The lowest BCUT2D eigenvalue weighted by Crippen LogP contribution is -2.41. The van der Waals surface area contributed by atoms with Gasteiger partial charge in [0.25, 0.3) is 5.56 Å². The molecule has 0 bridgehead atoms. The molecule has 0 aromatic carbocycles. The van der Waals surface area contributed by atoms with Crippen LogP contribution in [0.2, 0.25) is 0 Å². The molecule has 2 rings (SSSR count). The maximum absolute atomic E-state index is 11.9. The molecule has 1 aromatic heterocycles. The second kappa shape index (κ2) is 5.89. The maximum atomic E-state index is 11.9. The van der Waals surface area contributed by atoms with Crippen LogP contribution >= 0.6 is 0 Å². The van der Waals surface area contributed by atoms with Gasteiger partial charge in [-0.2, -0.15) is 0 Å². The van der Waals surface area contributed by atoms with Crippen LogP contribution in [-0.2, 0) is 25.4 Å². The van der Waals surface area contributed by atoms with E-state index in [0.29, 0.717) is 5.46 Å². The number of rotatable bonds is 4. The van der Waals surface area contributed by atoms with Gasteiger partial charge in [-0.25, -0.2) is 0 Å². The van der Waals surface area contributed by atoms with Crippen LogP contribution in [-0.4, -0.2) is 35.5 Å². The molecular weight excluding hydrogens is 285 g/mol. The van der Waals surface area contributed by atoms with Gasteiger partial charge in [-0.1, -0.05) is 6.07 Å². The first-order valence-electron chi connectivity index (χ1n) is 7.38. The average Bonchev–Trinajstić information content (AvgIpc) is 2.61. The highest BCUT2D eigenvalue weighted by molar-refractivity contribution is 6.62. The Balaban J connectivity index is 2.24. The number of esters is 1. The van der Waals surface area contributed by atoms with E-state index in [1.165, 1.54) is 10.6 Å². The topological polar surface area (TPSA) is 66.8 Å². The first-order valence-corrected chi connectivity index (χ1v) is 7.38. The Hall–Kier alpha value is -1.60. The maximum Gasteiger partial charge on any atom is 0.496 e. The molecule has 0 amide bonds. The lowest BCUT2D eigenvalue weighted by molar-refractivity contribution is -0.143. The molecule has 7 heteroatoms. The van der Waals surface area contributed by atoms with E-state index < -0.39 is 24.3 Å². The minimum atomic E-state index is -0.570. The molecule has 6 nitrogen and oxygen atoms in total. The van der Waals surface area contributed by atoms with Crippen molar-refractivity contribution in [2.75, 3.05) is 6.61 Å². The highest BCUT2D eigenvalue weighted by atomic mass is 16.7. The fourth-order valence-electron chi connectivity index (χ4n) is 2.14. The van der Waals surface area contributed by atoms with E-state index in [9.17, 15) is 9.59 Å². The number of aromatic nitrogens is 1. The molecule has 1 aliphatic rings. The van der Waals surface area contributed by atoms with Crippen molar-refractivity contribution in [1.29, 1.82) is 0 Å². The normalized spacial score (nSPS) is 19.2. The van der Waals surface area contributed by atoms with Crippen LogP contribution in [0.5, 0.6) is 0 Å². The Morgan fingerprint density at radius 2 is 1.82 bits per heavy atom. The van der Waals surface area contributed by atoms with Gasteiger partial charge in [0.1, 0.15) is 6.54 Å². The summed E-state index contributed by atoms with van der Waals surface area (Å²) < 4.78 is 18.1. The van der Waals surface area contributed by atoms with Crippen LogP contribution in [0.4, 0.5) is 0 Å². The van der Waals surface area contributed by atoms with Crippen molar-refractivity contribution in [3.63, 3.8) is 0 Å². The second-order valence-electron chi connectivity index (χ2n) is 6.32. The zero-order valence-electron chi connectivity index (χ0n) is 13.7. The number of nitrogens with zero attached hydrogens (tertiary/aromatic N) is 1. The van der Waals surface area contributed by atoms with E-state index in [1.54, 1.807) is 19.2 Å². The van der Waals surface area contributed by atoms with Gasteiger partial charge in [-0.15, -0.1) is 0 Å². The molecule has 0 atom stereocenters. The van der Waals surface area contributed by atoms with Crippen molar-refractivity contribution in [2.24, 2.45) is 0 Å². The number of carbonyl (C=O) groups is 1. The summed E-state index contributed by atoms with van der Waals surface area (Å²) in [6, 6.07) is 3.06. The summed E-state index contributed by atoms with van der Waals surface area (Å²) >= 11 is 0. The summed E-state index contributed by atoms with van der Waals surface area (Å²) in [6.07, 6.45) is 1.58. The second-order valence-corrected chi connectivity index (χ2v) is 6.32. The first kappa shape index (κ1) is 16.8. The smallest absolute Gasteiger partial charge is 0.465 e. The van der Waals surface area contributed by atoms with Gasteiger partial charge < -0.3 is 18.6 Å². The standard InChI is InChI=1S/C15H22BNO5/c1-6-20-13(19)10-17-9-11(7-8-12(17)18)16-21-14(2,3)15(4,5)22-16/h7-9H,6,10H2,1-5H3. The Kier molecular flexibility index (Phi) is 4.49. The van der Waals surface area contributed by atoms with Crippen molar-refractivity contribution >= 4 is 18.6 Å². The molecule has 22 heavy (non-hydrogen) atoms. The molecule has 0 saturated carbocycles. The highest BCUT2D eigenvalue weighted by Crippen LogP contribution is 2.36. The van der Waals surface area contributed by atoms with Gasteiger partial charge in [0, 0.05) is 12.3 Å². The van der Waals surface area contributed by atoms with Gasteiger partial charge >= 0.3 is 13.1 Å². The first-order chi connectivity index (χ1) is 10.2. The quantitative estimate of drug-likeness (QED) is 0.605. The van der Waals surface area contributed by atoms with Crippen molar-refractivity contribution in [2.45, 2.75) is 52.4 Å². The Labute approximate surface area is 130 Å². The van der Waals surface area contributed by atoms with E-state index in [0.717, 1.165) is 0 Å². The largest absolute Gasteiger partial charge is 0.496 e. The van der Waals surface area contributed by atoms with Crippen LogP contribution in [0, 0.1) is 0 Å². The van der Waals surface area contributed by atoms with Crippen molar-refractivity contribution < 1.29 is 18.8 Å². The van der Waals surface area contributed by atoms with E-state index in [-0.39, 0.29) is 18.7 Å². The molecule has 1 fully saturated rings. The van der Waals surface area contributed by atoms with Crippen molar-refractivity contribution in [3.05, 3.63) is 28.7 Å². The summed E-state index contributed by atoms with van der Waals surface area (Å²) in [4.78, 5) is 23.4. The molecule has 0 aliphatic carbocycles. The number of carbonyl (C=O) groups excluding carboxylic acids is 1. The number of pyridine rings is 1. The van der Waals surface area contributed by atoms with Crippen LogP contribution < -0.4 is 11.0 Å². The van der Waals surface area contributed by atoms with Crippen LogP contribution in [0.1, 0.15) is 34.6 Å². The average molecular weight is 307 g/mol. The minimum Gasteiger partial charge on any atom is -0.465 e. The third kappa shape index (κ3) is 3.25. The third-order valence-corrected chi connectivity index (χ3v) is 4.14. The number of hydrogen-bond donors (Lipinski definition) is 0. The predicted octanol–water partition coefficient (Wildman–Crippen LogP) is 0.711. The summed E-state index contributed by atoms with van der Waals surface area (Å²) in [5.41, 5.74) is -0.490. The Morgan fingerprint density at radius 1 is 1.23 bits per heavy atom. The van der Waals surface area contributed by atoms with Crippen molar-refractivity contribution in [1.82, 2.24) is 4.57 Å². The highest BCUT2D eigenvalue weighted by Gasteiger charge is 2.51. The molecule has 0 radical (unpaired) electrons. The molecular formula is C15H22BNO5. The molecule has 2 heterocycles. The number of ether oxygens (including phenoxy) is 1. The molecule has 1 aromatic rings. The molecule has 120 valence electrons. The van der Waals surface area contributed by atoms with Gasteiger partial charge in [0.2, 0.25) is 0 Å². The Bertz CT molecular complexity index is 607. The van der Waals surface area contributed by atoms with E-state index in [4.69, 9.17) is 14.0 Å². The fourth-order valence-corrected chi connectivity index (χ4v) is 2.14. The van der Waals surface area contributed by atoms with Gasteiger partial charge in [0.05, 0.1) is 17.8 Å². The number of hydrogen-bond acceptors (Lipinski definition) is 5. The van der Waals surface area contributed by atoms with Crippen LogP contribution in [0.15, 0.2) is 23.1 Å². The molecule has 0 N–H and O–H groups in total. The predicted molar refractivity (Wildman–Crippen MR) is 83.1 cm³/mol.